The van der Waals surface area contributed by atoms with E-state index >= 15 is 0 Å². The third-order valence-corrected chi connectivity index (χ3v) is 0. The van der Waals surface area contributed by atoms with E-state index in [9.17, 15) is 13.4 Å². The van der Waals surface area contributed by atoms with Gasteiger partial charge in [0.2, 0.25) is 0 Å². The van der Waals surface area contributed by atoms with Gasteiger partial charge in [0.05, 0.1) is 0 Å². The largest absolute Gasteiger partial charge is 0.342 e. The number of hydrogen-bond donors (Lipinski definition) is 0. The lowest BCUT2D eigenvalue weighted by atomic mass is 10.2. The Bertz CT molecular complexity index is 101. The van der Waals surface area contributed by atoms with Crippen molar-refractivity contribution in [3.63, 3.8) is 0 Å². The van der Waals surface area contributed by atoms with E-state index in [1.54, 1.807) is 0 Å². The molecule has 0 heterocycles. The van der Waals surface area contributed by atoms with Crippen LogP contribution in [0.1, 0.15) is 34.1 Å². The third-order valence-electron chi connectivity index (χ3n) is 0. The number of Topliss-reactive ketones (excluding diaryl/α,β-unsaturated/α-hetero) is 1. The SMILES string of the molecule is CC(C)=O.CCC.[3H]B(C)F.[3H]B(C)F. The predicted octanol–water partition coefficient (Wildman–Crippen LogP) is 2.72. The molecule has 0 unspecified atom stereocenters. The van der Waals surface area contributed by atoms with Crippen molar-refractivity contribution in [2.24, 2.45) is 0 Å². The minimum Gasteiger partial charge on any atom is -0.342 e. The van der Waals surface area contributed by atoms with E-state index in [-0.39, 0.29) is 5.78 Å². The fourth-order valence-electron chi connectivity index (χ4n) is 0. The van der Waals surface area contributed by atoms with Crippen molar-refractivity contribution in [3.8, 4) is 0 Å². The first-order valence-corrected chi connectivity index (χ1v) is 4.21. The first-order chi connectivity index (χ1) is 6.61. The van der Waals surface area contributed by atoms with E-state index in [1.807, 2.05) is 0 Å². The normalized spacial score (nSPS) is 7.69. The molecule has 1 nitrogen and oxygen atoms in total. The summed E-state index contributed by atoms with van der Waals surface area (Å²) in [5, 5.41) is 0. The Balaban J connectivity index is -0.0000000542. The zero-order chi connectivity index (χ0) is 13.4. The highest BCUT2D eigenvalue weighted by Gasteiger charge is 1.62. The summed E-state index contributed by atoms with van der Waals surface area (Å²) in [6.45, 7) is 9.64. The Morgan fingerprint density at radius 1 is 1.23 bits per heavy atom. The summed E-state index contributed by atoms with van der Waals surface area (Å²) < 4.78 is 33.2. The Hall–Kier alpha value is -0.340. The molecule has 0 aliphatic rings. The standard InChI is InChI=1S/C3H6O.C3H8.2CH4BF/c1-3(2)4;1-3-2;2*1-2-3/h1-2H3;3H2,1-2H3;2*2H,1H3/i;;2*2T. The van der Waals surface area contributed by atoms with E-state index in [0.717, 1.165) is 0 Å². The van der Waals surface area contributed by atoms with Gasteiger partial charge in [0.15, 0.2) is 0 Å². The summed E-state index contributed by atoms with van der Waals surface area (Å²) in [4.78, 5) is 9.44. The molecule has 5 heteroatoms. The molecule has 0 aliphatic heterocycles. The molecule has 0 aromatic rings. The van der Waals surface area contributed by atoms with E-state index < -0.39 is 15.0 Å². The van der Waals surface area contributed by atoms with E-state index in [4.69, 9.17) is 2.67 Å². The van der Waals surface area contributed by atoms with Crippen molar-refractivity contribution in [2.75, 3.05) is 0 Å². The minimum atomic E-state index is -1.42. The van der Waals surface area contributed by atoms with Gasteiger partial charge in [-0.15, -0.1) is 0 Å². The third kappa shape index (κ3) is 9400. The Morgan fingerprint density at radius 2 is 1.23 bits per heavy atom. The van der Waals surface area contributed by atoms with Crippen LogP contribution in [-0.4, -0.2) is 23.5 Å². The van der Waals surface area contributed by atoms with Crippen LogP contribution in [0.3, 0.4) is 0 Å². The van der Waals surface area contributed by atoms with Gasteiger partial charge in [-0.2, -0.15) is 0 Å². The molecular weight excluding hydrogens is 172 g/mol. The van der Waals surface area contributed by atoms with Gasteiger partial charge >= 0.3 is 15.0 Å². The molecule has 0 atom stereocenters. The second kappa shape index (κ2) is 41.4. The molecule has 0 saturated heterocycles. The van der Waals surface area contributed by atoms with Gasteiger partial charge in [-0.05, 0) is 13.8 Å². The number of carbonyl (C=O) groups excluding carboxylic acids is 1. The molecule has 0 N–H and O–H groups in total. The maximum absolute atomic E-state index is 10.7. The smallest absolute Gasteiger partial charge is 0.328 e. The van der Waals surface area contributed by atoms with Crippen LogP contribution in [0.5, 0.6) is 0 Å². The second-order valence-electron chi connectivity index (χ2n) is 2.05. The fraction of sp³-hybridized carbons (Fsp3) is 0.875. The average molecular weight is 198 g/mol. The van der Waals surface area contributed by atoms with Gasteiger partial charge in [-0.25, -0.2) is 0 Å². The molecule has 0 saturated carbocycles. The number of halogens is 2. The first kappa shape index (κ1) is 15.1. The lowest BCUT2D eigenvalue weighted by molar-refractivity contribution is -0.114. The van der Waals surface area contributed by atoms with Crippen molar-refractivity contribution < 1.29 is 13.4 Å². The summed E-state index contributed by atoms with van der Waals surface area (Å²) in [7, 11) is -2.83. The Kier molecular flexibility index (Phi) is 48.2. The van der Waals surface area contributed by atoms with Crippen LogP contribution in [-0.2, 0) is 4.79 Å². The molecule has 0 bridgehead atoms. The van der Waals surface area contributed by atoms with Crippen LogP contribution in [0.4, 0.5) is 8.63 Å². The van der Waals surface area contributed by atoms with Gasteiger partial charge in [-0.3, -0.25) is 0 Å². The first-order valence-electron chi connectivity index (χ1n) is 5.36. The maximum Gasteiger partial charge on any atom is 0.328 e. The molecule has 0 spiro atoms. The van der Waals surface area contributed by atoms with Gasteiger partial charge in [0.25, 0.3) is 0 Å². The highest BCUT2D eigenvalue weighted by molar-refractivity contribution is 6.23. The molecular formula is C8H22B2F2O. The lowest BCUT2D eigenvalue weighted by Gasteiger charge is -1.56. The zero-order valence-electron chi connectivity index (χ0n) is 11.5. The van der Waals surface area contributed by atoms with Gasteiger partial charge in [0.1, 0.15) is 5.78 Å². The molecule has 0 aromatic heterocycles. The van der Waals surface area contributed by atoms with Gasteiger partial charge < -0.3 is 13.4 Å². The summed E-state index contributed by atoms with van der Waals surface area (Å²) in [5.74, 6) is 0.167. The van der Waals surface area contributed by atoms with E-state index in [1.165, 1.54) is 33.9 Å². The molecule has 0 radical (unpaired) electrons. The molecule has 0 aromatic carbocycles. The van der Waals surface area contributed by atoms with Crippen molar-refractivity contribution in [1.29, 1.82) is 2.67 Å². The molecule has 0 amide bonds. The molecule has 80 valence electrons. The van der Waals surface area contributed by atoms with Crippen molar-refractivity contribution in [1.82, 2.24) is 0 Å². The molecule has 0 aliphatic carbocycles. The topological polar surface area (TPSA) is 17.1 Å². The van der Waals surface area contributed by atoms with E-state index in [0.29, 0.717) is 0 Å². The number of rotatable bonds is 0. The molecule has 0 rings (SSSR count). The summed E-state index contributed by atoms with van der Waals surface area (Å²) in [6.07, 6.45) is 1.25. The lowest BCUT2D eigenvalue weighted by Crippen LogP contribution is -1.69. The molecule has 13 heavy (non-hydrogen) atoms. The van der Waals surface area contributed by atoms with Crippen LogP contribution >= 0.6 is 0 Å². The van der Waals surface area contributed by atoms with Gasteiger partial charge in [-0.1, -0.05) is 33.9 Å². The highest BCUT2D eigenvalue weighted by Crippen LogP contribution is 1.56. The maximum atomic E-state index is 10.7. The quantitative estimate of drug-likeness (QED) is 0.546. The summed E-state index contributed by atoms with van der Waals surface area (Å²) in [5.41, 5.74) is 0. The van der Waals surface area contributed by atoms with Crippen LogP contribution in [0.15, 0.2) is 0 Å². The number of ketones is 1. The summed E-state index contributed by atoms with van der Waals surface area (Å²) >= 11 is 0. The Labute approximate surface area is 85.6 Å². The highest BCUT2D eigenvalue weighted by atomic mass is 19.1. The van der Waals surface area contributed by atoms with Crippen molar-refractivity contribution in [2.45, 2.75) is 47.8 Å². The minimum absolute atomic E-state index is 0.167. The van der Waals surface area contributed by atoms with Crippen molar-refractivity contribution in [3.05, 3.63) is 0 Å². The van der Waals surface area contributed by atoms with Crippen molar-refractivity contribution >= 4 is 20.8 Å². The van der Waals surface area contributed by atoms with Gasteiger partial charge in [0, 0.05) is 2.67 Å². The predicted molar refractivity (Wildman–Crippen MR) is 60.6 cm³/mol. The number of hydrogen-bond acceptors (Lipinski definition) is 1. The molecule has 0 fully saturated rings. The monoisotopic (exact) mass is 198 g/mol. The fourth-order valence-corrected chi connectivity index (χ4v) is 0. The average Bonchev–Trinajstić information content (AvgIpc) is 1.81. The Morgan fingerprint density at radius 3 is 1.23 bits per heavy atom. The summed E-state index contributed by atoms with van der Waals surface area (Å²) in [6, 6.07) is 0. The van der Waals surface area contributed by atoms with Crippen LogP contribution in [0.25, 0.3) is 0 Å². The van der Waals surface area contributed by atoms with Crippen LogP contribution in [0.2, 0.25) is 13.6 Å². The zero-order valence-corrected chi connectivity index (χ0v) is 9.53. The second-order valence-corrected chi connectivity index (χ2v) is 2.05. The van der Waals surface area contributed by atoms with Crippen LogP contribution < -0.4 is 0 Å². The van der Waals surface area contributed by atoms with E-state index in [2.05, 4.69) is 13.8 Å². The number of carbonyl (C=O) groups is 1. The van der Waals surface area contributed by atoms with Crippen LogP contribution in [0, 0.1) is 0 Å².